The van der Waals surface area contributed by atoms with Crippen LogP contribution in [0.15, 0.2) is 11.5 Å². The lowest BCUT2D eigenvalue weighted by molar-refractivity contribution is -0.114. The van der Waals surface area contributed by atoms with Crippen molar-refractivity contribution >= 4 is 17.5 Å². The highest BCUT2D eigenvalue weighted by atomic mass is 32.2. The molecule has 0 atom stereocenters. The number of carbonyl (C=O) groups is 1. The molecule has 0 aliphatic carbocycles. The highest BCUT2D eigenvalue weighted by Gasteiger charge is 1.85. The molecule has 1 nitrogen and oxygen atoms in total. The van der Waals surface area contributed by atoms with E-state index in [4.69, 9.17) is 0 Å². The molecule has 0 aromatic carbocycles. The summed E-state index contributed by atoms with van der Waals surface area (Å²) in [5.41, 5.74) is 0. The van der Waals surface area contributed by atoms with E-state index in [1.807, 2.05) is 13.2 Å². The second-order valence-electron chi connectivity index (χ2n) is 1.36. The highest BCUT2D eigenvalue weighted by molar-refractivity contribution is 8.01. The molecule has 0 aromatic heterocycles. The summed E-state index contributed by atoms with van der Waals surface area (Å²) in [4.78, 5) is 10.5. The van der Waals surface area contributed by atoms with Gasteiger partial charge < -0.3 is 0 Å². The maximum absolute atomic E-state index is 10.5. The number of allylic oxidation sites excluding steroid dienone is 1. The Morgan fingerprint density at radius 2 is 2.38 bits per heavy atom. The molecule has 0 amide bonds. The van der Waals surface area contributed by atoms with Crippen LogP contribution in [0.4, 0.5) is 0 Å². The number of rotatable bonds is 3. The van der Waals surface area contributed by atoms with Gasteiger partial charge in [-0.15, -0.1) is 11.8 Å². The predicted octanol–water partition coefficient (Wildman–Crippen LogP) is 1.84. The Bertz CT molecular complexity index is 96.7. The highest BCUT2D eigenvalue weighted by Crippen LogP contribution is 1.94. The third-order valence-corrected chi connectivity index (χ3v) is 1.15. The number of hydrogen-bond donors (Lipinski definition) is 0. The summed E-state index contributed by atoms with van der Waals surface area (Å²) in [6.07, 6.45) is 4.14. The first-order valence-corrected chi connectivity index (χ1v) is 3.82. The van der Waals surface area contributed by atoms with Crippen molar-refractivity contribution < 1.29 is 4.79 Å². The third kappa shape index (κ3) is 3.93. The van der Waals surface area contributed by atoms with Crippen molar-refractivity contribution in [2.75, 3.05) is 6.26 Å². The van der Waals surface area contributed by atoms with Gasteiger partial charge in [-0.25, -0.2) is 0 Å². The number of ketones is 1. The summed E-state index contributed by atoms with van der Waals surface area (Å²) in [5.74, 6) is 0.194. The Kier molecular flexibility index (Phi) is 4.76. The van der Waals surface area contributed by atoms with Crippen molar-refractivity contribution in [3.8, 4) is 0 Å². The second-order valence-corrected chi connectivity index (χ2v) is 2.10. The van der Waals surface area contributed by atoms with E-state index >= 15 is 0 Å². The fourth-order valence-corrected chi connectivity index (χ4v) is 0.550. The van der Waals surface area contributed by atoms with Crippen LogP contribution in [0.2, 0.25) is 0 Å². The van der Waals surface area contributed by atoms with Crippen LogP contribution in [-0.4, -0.2) is 12.0 Å². The van der Waals surface area contributed by atoms with Gasteiger partial charge in [0.25, 0.3) is 0 Å². The first-order chi connectivity index (χ1) is 3.81. The van der Waals surface area contributed by atoms with Gasteiger partial charge in [0.15, 0.2) is 5.78 Å². The minimum absolute atomic E-state index is 0.194. The van der Waals surface area contributed by atoms with Crippen molar-refractivity contribution in [1.82, 2.24) is 0 Å². The molecule has 0 N–H and O–H groups in total. The zero-order valence-electron chi connectivity index (χ0n) is 5.18. The van der Waals surface area contributed by atoms with Crippen molar-refractivity contribution in [3.05, 3.63) is 11.5 Å². The molecular formula is C6H10OS. The fourth-order valence-electron chi connectivity index (χ4n) is 0.262. The van der Waals surface area contributed by atoms with Gasteiger partial charge in [-0.3, -0.25) is 4.79 Å². The molecule has 0 unspecified atom stereocenters. The zero-order valence-corrected chi connectivity index (χ0v) is 5.99. The molecule has 2 heteroatoms. The largest absolute Gasteiger partial charge is 0.295 e. The first-order valence-electron chi connectivity index (χ1n) is 2.53. The topological polar surface area (TPSA) is 17.1 Å². The molecular weight excluding hydrogens is 120 g/mol. The van der Waals surface area contributed by atoms with Gasteiger partial charge in [-0.05, 0) is 17.7 Å². The average Bonchev–Trinajstić information content (AvgIpc) is 1.83. The summed E-state index contributed by atoms with van der Waals surface area (Å²) in [7, 11) is 0. The van der Waals surface area contributed by atoms with E-state index in [0.29, 0.717) is 6.42 Å². The molecule has 0 aliphatic heterocycles. The molecule has 0 aromatic rings. The van der Waals surface area contributed by atoms with Crippen LogP contribution in [-0.2, 0) is 4.79 Å². The van der Waals surface area contributed by atoms with Crippen LogP contribution in [0, 0.1) is 0 Å². The predicted molar refractivity (Wildman–Crippen MR) is 38.0 cm³/mol. The lowest BCUT2D eigenvalue weighted by Crippen LogP contribution is -1.85. The van der Waals surface area contributed by atoms with E-state index in [9.17, 15) is 4.79 Å². The van der Waals surface area contributed by atoms with E-state index in [2.05, 4.69) is 0 Å². The average molecular weight is 130 g/mol. The maximum atomic E-state index is 10.5. The van der Waals surface area contributed by atoms with E-state index in [1.54, 1.807) is 23.2 Å². The first kappa shape index (κ1) is 7.76. The molecule has 8 heavy (non-hydrogen) atoms. The fraction of sp³-hybridized carbons (Fsp3) is 0.500. The van der Waals surface area contributed by atoms with Gasteiger partial charge in [-0.1, -0.05) is 6.92 Å². The molecule has 0 saturated carbocycles. The summed E-state index contributed by atoms with van der Waals surface area (Å²) in [6.45, 7) is 1.85. The molecule has 46 valence electrons. The van der Waals surface area contributed by atoms with Crippen LogP contribution < -0.4 is 0 Å². The minimum atomic E-state index is 0.194. The number of hydrogen-bond acceptors (Lipinski definition) is 2. The quantitative estimate of drug-likeness (QED) is 0.542. The molecule has 0 rings (SSSR count). The summed E-state index contributed by atoms with van der Waals surface area (Å²) >= 11 is 1.54. The summed E-state index contributed by atoms with van der Waals surface area (Å²) in [5, 5.41) is 1.80. The van der Waals surface area contributed by atoms with Gasteiger partial charge >= 0.3 is 0 Å². The molecule has 0 radical (unpaired) electrons. The van der Waals surface area contributed by atoms with Crippen LogP contribution >= 0.6 is 11.8 Å². The van der Waals surface area contributed by atoms with E-state index in [-0.39, 0.29) is 5.78 Å². The standard InChI is InChI=1S/C6H10OS/c1-3-6(7)4-5-8-2/h4-5H,3H2,1-2H3/b5-4+. The molecule has 0 saturated heterocycles. The Balaban J connectivity index is 3.37. The lowest BCUT2D eigenvalue weighted by Gasteiger charge is -1.80. The van der Waals surface area contributed by atoms with Crippen LogP contribution in [0.3, 0.4) is 0 Å². The molecule has 0 bridgehead atoms. The third-order valence-electron chi connectivity index (χ3n) is 0.738. The Hall–Kier alpha value is -0.240. The molecule has 0 fully saturated rings. The van der Waals surface area contributed by atoms with E-state index < -0.39 is 0 Å². The van der Waals surface area contributed by atoms with Crippen molar-refractivity contribution in [1.29, 1.82) is 0 Å². The summed E-state index contributed by atoms with van der Waals surface area (Å²) in [6, 6.07) is 0. The Labute approximate surface area is 54.2 Å². The van der Waals surface area contributed by atoms with Crippen molar-refractivity contribution in [3.63, 3.8) is 0 Å². The van der Waals surface area contributed by atoms with E-state index in [0.717, 1.165) is 0 Å². The van der Waals surface area contributed by atoms with Gasteiger partial charge in [0.05, 0.1) is 0 Å². The summed E-state index contributed by atoms with van der Waals surface area (Å²) < 4.78 is 0. The van der Waals surface area contributed by atoms with Crippen LogP contribution in [0.25, 0.3) is 0 Å². The van der Waals surface area contributed by atoms with Gasteiger partial charge in [0.2, 0.25) is 0 Å². The van der Waals surface area contributed by atoms with Crippen molar-refractivity contribution in [2.45, 2.75) is 13.3 Å². The normalized spacial score (nSPS) is 10.2. The van der Waals surface area contributed by atoms with Crippen LogP contribution in [0.5, 0.6) is 0 Å². The van der Waals surface area contributed by atoms with Gasteiger partial charge in [0, 0.05) is 6.42 Å². The molecule has 0 aliphatic rings. The van der Waals surface area contributed by atoms with Crippen molar-refractivity contribution in [2.24, 2.45) is 0 Å². The van der Waals surface area contributed by atoms with Crippen LogP contribution in [0.1, 0.15) is 13.3 Å². The zero-order chi connectivity index (χ0) is 6.41. The number of carbonyl (C=O) groups excluding carboxylic acids is 1. The lowest BCUT2D eigenvalue weighted by atomic mass is 10.3. The minimum Gasteiger partial charge on any atom is -0.295 e. The van der Waals surface area contributed by atoms with Gasteiger partial charge in [0.1, 0.15) is 0 Å². The monoisotopic (exact) mass is 130 g/mol. The van der Waals surface area contributed by atoms with E-state index in [1.165, 1.54) is 0 Å². The molecule has 0 spiro atoms. The number of thioether (sulfide) groups is 1. The molecule has 0 heterocycles. The maximum Gasteiger partial charge on any atom is 0.155 e. The Morgan fingerprint density at radius 1 is 1.75 bits per heavy atom. The SMILES string of the molecule is CCC(=O)/C=C/SC. The second kappa shape index (κ2) is 4.91. The smallest absolute Gasteiger partial charge is 0.155 e. The Morgan fingerprint density at radius 3 is 2.75 bits per heavy atom. The van der Waals surface area contributed by atoms with Gasteiger partial charge in [-0.2, -0.15) is 0 Å².